The summed E-state index contributed by atoms with van der Waals surface area (Å²) in [6.07, 6.45) is 0.713. The van der Waals surface area contributed by atoms with Gasteiger partial charge in [-0.1, -0.05) is 0 Å². The van der Waals surface area contributed by atoms with E-state index in [4.69, 9.17) is 14.2 Å². The van der Waals surface area contributed by atoms with Crippen LogP contribution in [0, 0.1) is 11.8 Å². The molecule has 1 aliphatic heterocycles. The van der Waals surface area contributed by atoms with Crippen molar-refractivity contribution in [1.82, 2.24) is 0 Å². The number of esters is 1. The number of fused-ring (bicyclic) bond motifs is 1. The van der Waals surface area contributed by atoms with Gasteiger partial charge in [-0.25, -0.2) is 0 Å². The van der Waals surface area contributed by atoms with Gasteiger partial charge in [0.25, 0.3) is 0 Å². The minimum absolute atomic E-state index is 0.0571. The summed E-state index contributed by atoms with van der Waals surface area (Å²) in [5.41, 5.74) is -0.598. The maximum Gasteiger partial charge on any atom is 0.309 e. The van der Waals surface area contributed by atoms with Gasteiger partial charge in [-0.15, -0.1) is 0 Å². The van der Waals surface area contributed by atoms with E-state index in [0.717, 1.165) is 0 Å². The highest BCUT2D eigenvalue weighted by molar-refractivity contribution is 5.75. The predicted molar refractivity (Wildman–Crippen MR) is 58.0 cm³/mol. The molecule has 2 fully saturated rings. The molecule has 1 aliphatic carbocycles. The summed E-state index contributed by atoms with van der Waals surface area (Å²) in [7, 11) is 1.43. The van der Waals surface area contributed by atoms with E-state index >= 15 is 0 Å². The van der Waals surface area contributed by atoms with Gasteiger partial charge < -0.3 is 14.2 Å². The summed E-state index contributed by atoms with van der Waals surface area (Å²) in [4.78, 5) is 11.6. The molecule has 0 bridgehead atoms. The molecule has 1 saturated heterocycles. The Labute approximate surface area is 96.2 Å². The Morgan fingerprint density at radius 3 is 2.75 bits per heavy atom. The van der Waals surface area contributed by atoms with E-state index in [1.54, 1.807) is 0 Å². The summed E-state index contributed by atoms with van der Waals surface area (Å²) in [5.74, 6) is -0.0464. The first-order valence-corrected chi connectivity index (χ1v) is 5.84. The number of methoxy groups -OCH3 is 1. The molecule has 16 heavy (non-hydrogen) atoms. The number of carbonyl (C=O) groups excluding carboxylic acids is 1. The second-order valence-electron chi connectivity index (χ2n) is 5.08. The monoisotopic (exact) mass is 228 g/mol. The second kappa shape index (κ2) is 3.70. The molecule has 1 heterocycles. The lowest BCUT2D eigenvalue weighted by atomic mass is 9.57. The third-order valence-corrected chi connectivity index (χ3v) is 4.16. The fourth-order valence-corrected chi connectivity index (χ4v) is 3.14. The summed E-state index contributed by atoms with van der Waals surface area (Å²) >= 11 is 0. The molecule has 0 unspecified atom stereocenters. The van der Waals surface area contributed by atoms with Crippen LogP contribution in [-0.2, 0) is 19.0 Å². The minimum atomic E-state index is -0.307. The molecule has 0 aromatic carbocycles. The highest BCUT2D eigenvalue weighted by Crippen LogP contribution is 2.58. The fraction of sp³-hybridized carbons (Fsp3) is 0.917. The Balaban J connectivity index is 2.18. The van der Waals surface area contributed by atoms with Crippen molar-refractivity contribution < 1.29 is 19.0 Å². The van der Waals surface area contributed by atoms with Gasteiger partial charge in [0.05, 0.1) is 25.2 Å². The van der Waals surface area contributed by atoms with E-state index in [2.05, 4.69) is 0 Å². The number of hydrogen-bond acceptors (Lipinski definition) is 4. The molecule has 0 amide bonds. The summed E-state index contributed by atoms with van der Waals surface area (Å²) in [5, 5.41) is 0. The Morgan fingerprint density at radius 2 is 2.19 bits per heavy atom. The van der Waals surface area contributed by atoms with Crippen LogP contribution in [0.2, 0.25) is 0 Å². The van der Waals surface area contributed by atoms with Crippen molar-refractivity contribution in [2.24, 2.45) is 11.8 Å². The van der Waals surface area contributed by atoms with E-state index in [0.29, 0.717) is 19.6 Å². The molecular formula is C12H20O4. The second-order valence-corrected chi connectivity index (χ2v) is 5.08. The Kier molecular flexibility index (Phi) is 2.75. The fourth-order valence-electron chi connectivity index (χ4n) is 3.14. The van der Waals surface area contributed by atoms with Crippen LogP contribution in [0.4, 0.5) is 0 Å². The van der Waals surface area contributed by atoms with E-state index in [1.165, 1.54) is 7.11 Å². The third-order valence-electron chi connectivity index (χ3n) is 4.16. The highest BCUT2D eigenvalue weighted by Gasteiger charge is 2.69. The van der Waals surface area contributed by atoms with Crippen molar-refractivity contribution in [3.8, 4) is 0 Å². The number of ether oxygens (including phenoxy) is 3. The van der Waals surface area contributed by atoms with Gasteiger partial charge in [-0.2, -0.15) is 0 Å². The zero-order valence-electron chi connectivity index (χ0n) is 10.4. The van der Waals surface area contributed by atoms with Crippen molar-refractivity contribution in [3.05, 3.63) is 0 Å². The first kappa shape index (κ1) is 11.9. The van der Waals surface area contributed by atoms with Gasteiger partial charge in [0.2, 0.25) is 0 Å². The Bertz CT molecular complexity index is 299. The molecule has 92 valence electrons. The largest absolute Gasteiger partial charge is 0.469 e. The third kappa shape index (κ3) is 1.32. The lowest BCUT2D eigenvalue weighted by Crippen LogP contribution is -2.64. The molecule has 4 nitrogen and oxygen atoms in total. The van der Waals surface area contributed by atoms with Crippen molar-refractivity contribution in [3.63, 3.8) is 0 Å². The number of rotatable bonds is 3. The standard InChI is InChI=1S/C12H20O4/c1-5-15-12-6-8(10(13)14-4)9(12)7-16-11(12,2)3/h8-9H,5-7H2,1-4H3/t8-,9+,12+/m1/s1. The van der Waals surface area contributed by atoms with Crippen LogP contribution in [0.1, 0.15) is 27.2 Å². The van der Waals surface area contributed by atoms with Crippen LogP contribution in [0.3, 0.4) is 0 Å². The zero-order chi connectivity index (χ0) is 12.0. The lowest BCUT2D eigenvalue weighted by Gasteiger charge is -2.53. The van der Waals surface area contributed by atoms with Crippen LogP contribution in [0.15, 0.2) is 0 Å². The predicted octanol–water partition coefficient (Wildman–Crippen LogP) is 1.38. The molecule has 2 aliphatic rings. The molecule has 1 saturated carbocycles. The average Bonchev–Trinajstić information content (AvgIpc) is 2.38. The van der Waals surface area contributed by atoms with E-state index in [-0.39, 0.29) is 29.0 Å². The van der Waals surface area contributed by atoms with Crippen molar-refractivity contribution in [1.29, 1.82) is 0 Å². The van der Waals surface area contributed by atoms with E-state index in [9.17, 15) is 4.79 Å². The van der Waals surface area contributed by atoms with Gasteiger partial charge in [0.15, 0.2) is 0 Å². The molecule has 0 spiro atoms. The Hall–Kier alpha value is -0.610. The zero-order valence-corrected chi connectivity index (χ0v) is 10.4. The van der Waals surface area contributed by atoms with Gasteiger partial charge in [0.1, 0.15) is 5.60 Å². The summed E-state index contributed by atoms with van der Waals surface area (Å²) in [6, 6.07) is 0. The maximum absolute atomic E-state index is 11.6. The molecule has 0 aromatic heterocycles. The molecule has 0 N–H and O–H groups in total. The lowest BCUT2D eigenvalue weighted by molar-refractivity contribution is -0.213. The van der Waals surface area contributed by atoms with Crippen LogP contribution in [0.5, 0.6) is 0 Å². The highest BCUT2D eigenvalue weighted by atomic mass is 16.6. The van der Waals surface area contributed by atoms with Gasteiger partial charge >= 0.3 is 5.97 Å². The molecule has 4 heteroatoms. The normalized spacial score (nSPS) is 40.0. The van der Waals surface area contributed by atoms with Crippen molar-refractivity contribution in [2.45, 2.75) is 38.4 Å². The van der Waals surface area contributed by atoms with Crippen LogP contribution >= 0.6 is 0 Å². The Morgan fingerprint density at radius 1 is 1.50 bits per heavy atom. The number of carbonyl (C=O) groups is 1. The van der Waals surface area contributed by atoms with Gasteiger partial charge in [0, 0.05) is 12.5 Å². The van der Waals surface area contributed by atoms with Crippen molar-refractivity contribution >= 4 is 5.97 Å². The molecule has 0 aromatic rings. The van der Waals surface area contributed by atoms with E-state index in [1.807, 2.05) is 20.8 Å². The van der Waals surface area contributed by atoms with Crippen LogP contribution in [0.25, 0.3) is 0 Å². The van der Waals surface area contributed by atoms with Gasteiger partial charge in [-0.3, -0.25) is 4.79 Å². The number of hydrogen-bond donors (Lipinski definition) is 0. The molecular weight excluding hydrogens is 208 g/mol. The summed E-state index contributed by atoms with van der Waals surface area (Å²) < 4.78 is 16.5. The maximum atomic E-state index is 11.6. The first-order valence-electron chi connectivity index (χ1n) is 5.84. The first-order chi connectivity index (χ1) is 7.48. The van der Waals surface area contributed by atoms with Gasteiger partial charge in [-0.05, 0) is 27.2 Å². The quantitative estimate of drug-likeness (QED) is 0.685. The van der Waals surface area contributed by atoms with Crippen LogP contribution < -0.4 is 0 Å². The van der Waals surface area contributed by atoms with Crippen LogP contribution in [-0.4, -0.2) is 37.5 Å². The molecule has 2 rings (SSSR count). The SMILES string of the molecule is CCO[C@@]12C[C@@H](C(=O)OC)[C@@H]1COC2(C)C. The molecule has 3 atom stereocenters. The topological polar surface area (TPSA) is 44.8 Å². The van der Waals surface area contributed by atoms with Crippen molar-refractivity contribution in [2.75, 3.05) is 20.3 Å². The average molecular weight is 228 g/mol. The molecule has 0 radical (unpaired) electrons. The van der Waals surface area contributed by atoms with E-state index < -0.39 is 0 Å². The smallest absolute Gasteiger partial charge is 0.309 e. The summed E-state index contributed by atoms with van der Waals surface area (Å²) in [6.45, 7) is 7.29. The minimum Gasteiger partial charge on any atom is -0.469 e.